The summed E-state index contributed by atoms with van der Waals surface area (Å²) in [6, 6.07) is 6.63. The minimum atomic E-state index is 1.06. The van der Waals surface area contributed by atoms with Gasteiger partial charge in [0, 0.05) is 12.2 Å². The summed E-state index contributed by atoms with van der Waals surface area (Å²) < 4.78 is 0. The van der Waals surface area contributed by atoms with Crippen LogP contribution >= 0.6 is 0 Å². The van der Waals surface area contributed by atoms with Crippen LogP contribution in [0.15, 0.2) is 18.2 Å². The average Bonchev–Trinajstić information content (AvgIpc) is 2.34. The van der Waals surface area contributed by atoms with Crippen LogP contribution in [0, 0.1) is 0 Å². The Kier molecular flexibility index (Phi) is 6.06. The molecule has 0 aliphatic rings. The molecule has 1 aromatic carbocycles. The molecule has 0 bridgehead atoms. The lowest BCUT2D eigenvalue weighted by Gasteiger charge is -2.16. The molecular formula is C15H26N2. The third-order valence-corrected chi connectivity index (χ3v) is 3.08. The maximum Gasteiger partial charge on any atom is 0.0405 e. The highest BCUT2D eigenvalue weighted by Crippen LogP contribution is 2.22. The predicted octanol–water partition coefficient (Wildman–Crippen LogP) is 3.18. The van der Waals surface area contributed by atoms with Gasteiger partial charge in [0.2, 0.25) is 0 Å². The van der Waals surface area contributed by atoms with E-state index in [0.717, 1.165) is 25.9 Å². The Hall–Kier alpha value is -1.02. The molecular weight excluding hydrogens is 208 g/mol. The van der Waals surface area contributed by atoms with Gasteiger partial charge in [-0.25, -0.2) is 0 Å². The summed E-state index contributed by atoms with van der Waals surface area (Å²) in [6.45, 7) is 6.64. The van der Waals surface area contributed by atoms with E-state index < -0.39 is 0 Å². The summed E-state index contributed by atoms with van der Waals surface area (Å²) in [5.74, 6) is 0. The van der Waals surface area contributed by atoms with Crippen LogP contribution in [-0.4, -0.2) is 32.1 Å². The van der Waals surface area contributed by atoms with Gasteiger partial charge in [-0.3, -0.25) is 0 Å². The quantitative estimate of drug-likeness (QED) is 0.729. The summed E-state index contributed by atoms with van der Waals surface area (Å²) in [5.41, 5.74) is 4.25. The number of hydrogen-bond donors (Lipinski definition) is 1. The van der Waals surface area contributed by atoms with Crippen molar-refractivity contribution in [2.75, 3.05) is 32.5 Å². The minimum absolute atomic E-state index is 1.06. The molecule has 0 spiro atoms. The van der Waals surface area contributed by atoms with Crippen molar-refractivity contribution in [3.63, 3.8) is 0 Å². The van der Waals surface area contributed by atoms with Crippen molar-refractivity contribution in [3.8, 4) is 0 Å². The van der Waals surface area contributed by atoms with E-state index in [4.69, 9.17) is 0 Å². The standard InChI is InChI=1S/C15H26N2/c1-5-13-9-7-10-14(6-2)15(13)16-11-8-12-17(3)4/h7,9-10,16H,5-6,8,11-12H2,1-4H3. The lowest BCUT2D eigenvalue weighted by atomic mass is 10.0. The molecule has 0 heterocycles. The molecule has 1 rings (SSSR count). The van der Waals surface area contributed by atoms with Crippen LogP contribution in [0.1, 0.15) is 31.4 Å². The van der Waals surface area contributed by atoms with E-state index in [-0.39, 0.29) is 0 Å². The molecule has 0 unspecified atom stereocenters. The predicted molar refractivity (Wildman–Crippen MR) is 76.9 cm³/mol. The highest BCUT2D eigenvalue weighted by Gasteiger charge is 2.04. The number of rotatable bonds is 7. The molecule has 1 aromatic rings. The first kappa shape index (κ1) is 14.0. The Balaban J connectivity index is 2.61. The first-order chi connectivity index (χ1) is 8.19. The van der Waals surface area contributed by atoms with Gasteiger partial charge in [0.05, 0.1) is 0 Å². The molecule has 0 fully saturated rings. The lowest BCUT2D eigenvalue weighted by molar-refractivity contribution is 0.405. The fourth-order valence-corrected chi connectivity index (χ4v) is 2.08. The van der Waals surface area contributed by atoms with Gasteiger partial charge in [-0.05, 0) is 51.0 Å². The van der Waals surface area contributed by atoms with Crippen molar-refractivity contribution in [1.29, 1.82) is 0 Å². The van der Waals surface area contributed by atoms with E-state index in [1.807, 2.05) is 0 Å². The molecule has 0 aliphatic carbocycles. The Labute approximate surface area is 106 Å². The Morgan fingerprint density at radius 1 is 1.06 bits per heavy atom. The van der Waals surface area contributed by atoms with Crippen molar-refractivity contribution in [2.45, 2.75) is 33.1 Å². The maximum absolute atomic E-state index is 3.61. The molecule has 96 valence electrons. The monoisotopic (exact) mass is 234 g/mol. The van der Waals surface area contributed by atoms with Crippen LogP contribution in [0.3, 0.4) is 0 Å². The van der Waals surface area contributed by atoms with Crippen molar-refractivity contribution < 1.29 is 0 Å². The molecule has 0 amide bonds. The smallest absolute Gasteiger partial charge is 0.0405 e. The van der Waals surface area contributed by atoms with Crippen LogP contribution in [-0.2, 0) is 12.8 Å². The van der Waals surface area contributed by atoms with Crippen LogP contribution in [0.5, 0.6) is 0 Å². The molecule has 0 aromatic heterocycles. The van der Waals surface area contributed by atoms with E-state index in [2.05, 4.69) is 56.4 Å². The van der Waals surface area contributed by atoms with Gasteiger partial charge in [-0.2, -0.15) is 0 Å². The molecule has 0 aliphatic heterocycles. The highest BCUT2D eigenvalue weighted by atomic mass is 15.1. The minimum Gasteiger partial charge on any atom is -0.385 e. The summed E-state index contributed by atoms with van der Waals surface area (Å²) >= 11 is 0. The van der Waals surface area contributed by atoms with Gasteiger partial charge < -0.3 is 10.2 Å². The van der Waals surface area contributed by atoms with Crippen molar-refractivity contribution in [1.82, 2.24) is 4.90 Å². The molecule has 2 nitrogen and oxygen atoms in total. The molecule has 0 radical (unpaired) electrons. The summed E-state index contributed by atoms with van der Waals surface area (Å²) in [4.78, 5) is 2.23. The topological polar surface area (TPSA) is 15.3 Å². The van der Waals surface area contributed by atoms with E-state index in [1.54, 1.807) is 0 Å². The number of para-hydroxylation sites is 1. The second-order valence-electron chi connectivity index (χ2n) is 4.74. The SMILES string of the molecule is CCc1cccc(CC)c1NCCCN(C)C. The van der Waals surface area contributed by atoms with E-state index in [0.29, 0.717) is 0 Å². The number of aryl methyl sites for hydroxylation is 2. The van der Waals surface area contributed by atoms with Gasteiger partial charge in [-0.15, -0.1) is 0 Å². The van der Waals surface area contributed by atoms with E-state index >= 15 is 0 Å². The summed E-state index contributed by atoms with van der Waals surface area (Å²) in [7, 11) is 4.24. The second-order valence-corrected chi connectivity index (χ2v) is 4.74. The molecule has 0 saturated heterocycles. The first-order valence-electron chi connectivity index (χ1n) is 6.68. The molecule has 0 saturated carbocycles. The van der Waals surface area contributed by atoms with Crippen LogP contribution in [0.4, 0.5) is 5.69 Å². The maximum atomic E-state index is 3.61. The Bertz CT molecular complexity index is 309. The molecule has 0 atom stereocenters. The fourth-order valence-electron chi connectivity index (χ4n) is 2.08. The number of benzene rings is 1. The van der Waals surface area contributed by atoms with Gasteiger partial charge in [0.25, 0.3) is 0 Å². The zero-order chi connectivity index (χ0) is 12.7. The number of nitrogens with zero attached hydrogens (tertiary/aromatic N) is 1. The molecule has 1 N–H and O–H groups in total. The zero-order valence-electron chi connectivity index (χ0n) is 11.7. The fraction of sp³-hybridized carbons (Fsp3) is 0.600. The van der Waals surface area contributed by atoms with E-state index in [9.17, 15) is 0 Å². The summed E-state index contributed by atoms with van der Waals surface area (Å²) in [5, 5.41) is 3.61. The zero-order valence-corrected chi connectivity index (χ0v) is 11.7. The number of hydrogen-bond acceptors (Lipinski definition) is 2. The van der Waals surface area contributed by atoms with Gasteiger partial charge >= 0.3 is 0 Å². The first-order valence-corrected chi connectivity index (χ1v) is 6.68. The molecule has 2 heteroatoms. The third-order valence-electron chi connectivity index (χ3n) is 3.08. The normalized spacial score (nSPS) is 10.9. The lowest BCUT2D eigenvalue weighted by Crippen LogP contribution is -2.17. The van der Waals surface area contributed by atoms with Crippen LogP contribution in [0.2, 0.25) is 0 Å². The highest BCUT2D eigenvalue weighted by molar-refractivity contribution is 5.57. The van der Waals surface area contributed by atoms with Gasteiger partial charge in [-0.1, -0.05) is 32.0 Å². The number of nitrogens with one attached hydrogen (secondary N) is 1. The Morgan fingerprint density at radius 2 is 1.65 bits per heavy atom. The van der Waals surface area contributed by atoms with Gasteiger partial charge in [0.15, 0.2) is 0 Å². The second kappa shape index (κ2) is 7.33. The molecule has 17 heavy (non-hydrogen) atoms. The average molecular weight is 234 g/mol. The largest absolute Gasteiger partial charge is 0.385 e. The van der Waals surface area contributed by atoms with Crippen LogP contribution < -0.4 is 5.32 Å². The van der Waals surface area contributed by atoms with Crippen molar-refractivity contribution in [3.05, 3.63) is 29.3 Å². The Morgan fingerprint density at radius 3 is 2.12 bits per heavy atom. The van der Waals surface area contributed by atoms with Crippen molar-refractivity contribution >= 4 is 5.69 Å². The van der Waals surface area contributed by atoms with E-state index in [1.165, 1.54) is 23.2 Å². The summed E-state index contributed by atoms with van der Waals surface area (Å²) in [6.07, 6.45) is 3.39. The van der Waals surface area contributed by atoms with Crippen LogP contribution in [0.25, 0.3) is 0 Å². The number of anilines is 1. The third kappa shape index (κ3) is 4.39. The van der Waals surface area contributed by atoms with Gasteiger partial charge in [0.1, 0.15) is 0 Å². The van der Waals surface area contributed by atoms with Crippen molar-refractivity contribution in [2.24, 2.45) is 0 Å².